The van der Waals surface area contributed by atoms with E-state index in [-0.39, 0.29) is 33.0 Å². The number of benzene rings is 1. The average molecular weight is 520 g/mol. The molecule has 127 valence electrons. The van der Waals surface area contributed by atoms with Gasteiger partial charge in [-0.2, -0.15) is 0 Å². The van der Waals surface area contributed by atoms with Crippen molar-refractivity contribution in [1.82, 2.24) is 9.80 Å². The van der Waals surface area contributed by atoms with Gasteiger partial charge < -0.3 is 40.0 Å². The topological polar surface area (TPSA) is 26.8 Å². The van der Waals surface area contributed by atoms with Crippen molar-refractivity contribution in [3.63, 3.8) is 0 Å². The third-order valence-electron chi connectivity index (χ3n) is 3.77. The van der Waals surface area contributed by atoms with Gasteiger partial charge in [-0.25, -0.2) is 4.71 Å². The smallest absolute Gasteiger partial charge is 0.227 e. The van der Waals surface area contributed by atoms with Crippen molar-refractivity contribution in [2.75, 3.05) is 45.2 Å². The molecule has 0 aromatic heterocycles. The first-order valence-corrected chi connectivity index (χ1v) is 8.01. The number of nitrogens with zero attached hydrogens (tertiary/aromatic N) is 3. The Balaban J connectivity index is 0.00000242. The normalized spacial score (nSPS) is 15.6. The Kier molecular flexibility index (Phi) is 8.38. The largest absolute Gasteiger partial charge is 0.800 e. The minimum Gasteiger partial charge on any atom is -0.800 e. The molecule has 1 amide bonds. The Morgan fingerprint density at radius 3 is 2.14 bits per heavy atom. The molecule has 7 heteroatoms. The van der Waals surface area contributed by atoms with Crippen molar-refractivity contribution in [2.24, 2.45) is 0 Å². The van der Waals surface area contributed by atoms with E-state index in [0.29, 0.717) is 6.42 Å². The first-order chi connectivity index (χ1) is 9.97. The Bertz CT molecular complexity index is 474. The van der Waals surface area contributed by atoms with E-state index in [0.717, 1.165) is 37.4 Å². The van der Waals surface area contributed by atoms with E-state index in [1.54, 1.807) is 0 Å². The molecule has 1 aromatic rings. The van der Waals surface area contributed by atoms with Crippen molar-refractivity contribution in [3.8, 4) is 0 Å². The van der Waals surface area contributed by atoms with Gasteiger partial charge in [0, 0.05) is 68.3 Å². The minimum absolute atomic E-state index is 0. The zero-order valence-electron chi connectivity index (χ0n) is 12.8. The molecular weight excluding hydrogens is 499 g/mol. The number of carbonyl (C=O) groups excluding carboxylic acids is 1. The quantitative estimate of drug-likeness (QED) is 0.433. The second-order valence-corrected chi connectivity index (χ2v) is 6.65. The number of carbonyl (C=O) groups is 1. The molecule has 0 N–H and O–H groups in total. The Morgan fingerprint density at radius 2 is 1.68 bits per heavy atom. The van der Waals surface area contributed by atoms with Crippen molar-refractivity contribution < 1.29 is 27.2 Å². The molecule has 1 heterocycles. The summed E-state index contributed by atoms with van der Waals surface area (Å²) in [6.07, 6.45) is 0.457. The fourth-order valence-corrected chi connectivity index (χ4v) is 2.80. The maximum absolute atomic E-state index is 12.3. The third kappa shape index (κ3) is 5.51. The van der Waals surface area contributed by atoms with Gasteiger partial charge >= 0.3 is 0 Å². The fraction of sp³-hybridized carbons (Fsp3) is 0.533. The monoisotopic (exact) mass is 520 g/mol. The van der Waals surface area contributed by atoms with Crippen LogP contribution in [0.4, 0.5) is 5.69 Å². The van der Waals surface area contributed by atoms with E-state index in [4.69, 9.17) is 25.3 Å². The van der Waals surface area contributed by atoms with Crippen LogP contribution in [0.2, 0.25) is 0 Å². The van der Waals surface area contributed by atoms with Gasteiger partial charge in [-0.3, -0.25) is 4.79 Å². The zero-order chi connectivity index (χ0) is 15.4. The van der Waals surface area contributed by atoms with Crippen LogP contribution in [0, 0.1) is 0 Å². The molecule has 1 aliphatic heterocycles. The summed E-state index contributed by atoms with van der Waals surface area (Å²) in [7, 11) is 4.01. The van der Waals surface area contributed by atoms with Crippen LogP contribution >= 0.6 is 0 Å². The molecule has 0 bridgehead atoms. The molecule has 0 aliphatic carbocycles. The first kappa shape index (κ1) is 19.9. The molecule has 1 fully saturated rings. The predicted molar refractivity (Wildman–Crippen MR) is 91.1 cm³/mol. The second-order valence-electron chi connectivity index (χ2n) is 5.46. The Hall–Kier alpha value is -0.110. The van der Waals surface area contributed by atoms with Gasteiger partial charge in [0.1, 0.15) is 0 Å². The molecule has 0 saturated carbocycles. The van der Waals surface area contributed by atoms with E-state index in [1.165, 1.54) is 0 Å². The van der Waals surface area contributed by atoms with Gasteiger partial charge in [0.15, 0.2) is 0 Å². The number of hydrogen-bond donors (Lipinski definition) is 0. The van der Waals surface area contributed by atoms with Crippen molar-refractivity contribution >= 4 is 36.9 Å². The van der Waals surface area contributed by atoms with Crippen molar-refractivity contribution in [3.05, 3.63) is 29.8 Å². The van der Waals surface area contributed by atoms with Crippen LogP contribution in [0.3, 0.4) is 0 Å². The van der Waals surface area contributed by atoms with Gasteiger partial charge in [-0.1, -0.05) is 12.1 Å². The molecule has 1 aromatic carbocycles. The van der Waals surface area contributed by atoms with E-state index in [2.05, 4.69) is 4.90 Å². The summed E-state index contributed by atoms with van der Waals surface area (Å²) >= 11 is 10.1. The van der Waals surface area contributed by atoms with E-state index >= 15 is 0 Å². The van der Waals surface area contributed by atoms with Gasteiger partial charge in [-0.15, -0.1) is 0 Å². The van der Waals surface area contributed by atoms with Crippen LogP contribution in [0.25, 0.3) is 0 Å². The van der Waals surface area contributed by atoms with E-state index in [9.17, 15) is 4.79 Å². The van der Waals surface area contributed by atoms with Crippen LogP contribution in [0.15, 0.2) is 24.3 Å². The third-order valence-corrected chi connectivity index (χ3v) is 4.37. The van der Waals surface area contributed by atoms with E-state index in [1.807, 2.05) is 48.2 Å². The molecule has 2 rings (SSSR count). The summed E-state index contributed by atoms with van der Waals surface area (Å²) in [6, 6.07) is 8.12. The average Bonchev–Trinajstić information content (AvgIpc) is 2.47. The number of amides is 1. The van der Waals surface area contributed by atoms with Gasteiger partial charge in [-0.05, 0) is 17.7 Å². The van der Waals surface area contributed by atoms with Crippen molar-refractivity contribution in [1.29, 1.82) is 0 Å². The molecular formula is C15H21AuN3OS2-2. The molecule has 1 aliphatic rings. The molecule has 1 saturated heterocycles. The van der Waals surface area contributed by atoms with Crippen LogP contribution < -0.4 is 4.90 Å². The number of piperazine rings is 1. The molecule has 22 heavy (non-hydrogen) atoms. The molecule has 0 spiro atoms. The maximum atomic E-state index is 12.3. The number of hydrogen-bond acceptors (Lipinski definition) is 5. The summed E-state index contributed by atoms with van der Waals surface area (Å²) in [4.78, 5) is 18.3. The molecule has 4 nitrogen and oxygen atoms in total. The van der Waals surface area contributed by atoms with Crippen LogP contribution in [-0.2, 0) is 58.9 Å². The zero-order valence-corrected chi connectivity index (χ0v) is 16.6. The van der Waals surface area contributed by atoms with Gasteiger partial charge in [0.2, 0.25) is 5.91 Å². The fourth-order valence-electron chi connectivity index (χ4n) is 2.38. The molecule has 0 unspecified atom stereocenters. The van der Waals surface area contributed by atoms with Gasteiger partial charge in [0.05, 0.1) is 6.42 Å². The SMILES string of the molecule is CN(C)c1ccc(CC(=O)N2CCN(C([S-])[S-])CC2)cc1.[Au]. The van der Waals surface area contributed by atoms with Crippen LogP contribution in [0.5, 0.6) is 0 Å². The summed E-state index contributed by atoms with van der Waals surface area (Å²) in [5.74, 6) is 0.178. The summed E-state index contributed by atoms with van der Waals surface area (Å²) in [5.41, 5.74) is 2.19. The maximum Gasteiger partial charge on any atom is 0.227 e. The Labute approximate surface area is 159 Å². The summed E-state index contributed by atoms with van der Waals surface area (Å²) < 4.78 is -0.263. The molecule has 1 radical (unpaired) electrons. The Morgan fingerprint density at radius 1 is 1.14 bits per heavy atom. The first-order valence-electron chi connectivity index (χ1n) is 7.07. The van der Waals surface area contributed by atoms with Crippen LogP contribution in [-0.4, -0.2) is 60.7 Å². The van der Waals surface area contributed by atoms with Crippen LogP contribution in [0.1, 0.15) is 5.56 Å². The number of anilines is 1. The number of rotatable bonds is 4. The van der Waals surface area contributed by atoms with Gasteiger partial charge in [0.25, 0.3) is 0 Å². The summed E-state index contributed by atoms with van der Waals surface area (Å²) in [5, 5.41) is 0. The summed E-state index contributed by atoms with van der Waals surface area (Å²) in [6.45, 7) is 3.00. The van der Waals surface area contributed by atoms with Crippen molar-refractivity contribution in [2.45, 2.75) is 11.1 Å². The molecule has 0 atom stereocenters. The minimum atomic E-state index is -0.263. The standard InChI is InChI=1S/C15H23N3OS2.Au/c1-16(2)13-5-3-12(4-6-13)11-14(19)17-7-9-18(10-8-17)15(20)21;/h3-6,15,20-21H,7-11H2,1-2H3;/p-2. The van der Waals surface area contributed by atoms with E-state index < -0.39 is 0 Å². The predicted octanol–water partition coefficient (Wildman–Crippen LogP) is 0.814. The second kappa shape index (κ2) is 9.25.